The molecule has 3 rings (SSSR count). The molecule has 1 N–H and O–H groups in total. The van der Waals surface area contributed by atoms with Crippen LogP contribution in [0.3, 0.4) is 0 Å². The lowest BCUT2D eigenvalue weighted by Crippen LogP contribution is -2.01. The maximum absolute atomic E-state index is 10.7. The van der Waals surface area contributed by atoms with Crippen LogP contribution in [0.4, 0.5) is 0 Å². The van der Waals surface area contributed by atoms with Crippen molar-refractivity contribution in [3.8, 4) is 5.75 Å². The van der Waals surface area contributed by atoms with Gasteiger partial charge < -0.3 is 9.84 Å². The molecule has 110 valence electrons. The number of ether oxygens (including phenoxy) is 1. The van der Waals surface area contributed by atoms with E-state index in [4.69, 9.17) is 9.84 Å². The summed E-state index contributed by atoms with van der Waals surface area (Å²) >= 11 is 0. The lowest BCUT2D eigenvalue weighted by Gasteiger charge is -2.08. The lowest BCUT2D eigenvalue weighted by molar-refractivity contribution is -0.136. The Labute approximate surface area is 128 Å². The van der Waals surface area contributed by atoms with Gasteiger partial charge in [-0.15, -0.1) is 0 Å². The van der Waals surface area contributed by atoms with Gasteiger partial charge in [-0.3, -0.25) is 4.79 Å². The first-order valence-electron chi connectivity index (χ1n) is 6.99. The van der Waals surface area contributed by atoms with Crippen LogP contribution in [0.5, 0.6) is 5.75 Å². The maximum atomic E-state index is 10.7. The van der Waals surface area contributed by atoms with Gasteiger partial charge in [-0.1, -0.05) is 36.4 Å². The number of benzene rings is 2. The van der Waals surface area contributed by atoms with E-state index in [2.05, 4.69) is 4.98 Å². The number of aliphatic carboxylic acids is 1. The first-order chi connectivity index (χ1) is 10.7. The molecular formula is C18H15NO3. The summed E-state index contributed by atoms with van der Waals surface area (Å²) in [6.45, 7) is 0.349. The van der Waals surface area contributed by atoms with E-state index < -0.39 is 5.97 Å². The standard InChI is InChI=1S/C18H15NO3/c20-18(21)11-13-4-3-6-16(10-13)22-12-15-9-8-14-5-1-2-7-17(14)19-15/h1-10H,11-12H2,(H,20,21). The quantitative estimate of drug-likeness (QED) is 0.783. The van der Waals surface area contributed by atoms with Gasteiger partial charge in [0.2, 0.25) is 0 Å². The predicted molar refractivity (Wildman–Crippen MR) is 83.9 cm³/mol. The number of aromatic nitrogens is 1. The number of hydrogen-bond donors (Lipinski definition) is 1. The smallest absolute Gasteiger partial charge is 0.307 e. The molecular weight excluding hydrogens is 278 g/mol. The zero-order valence-electron chi connectivity index (χ0n) is 11.9. The van der Waals surface area contributed by atoms with Gasteiger partial charge in [0.25, 0.3) is 0 Å². The van der Waals surface area contributed by atoms with Crippen molar-refractivity contribution in [2.75, 3.05) is 0 Å². The molecule has 0 unspecified atom stereocenters. The number of rotatable bonds is 5. The van der Waals surface area contributed by atoms with Crippen LogP contribution >= 0.6 is 0 Å². The third-order valence-corrected chi connectivity index (χ3v) is 3.30. The summed E-state index contributed by atoms with van der Waals surface area (Å²) in [5.41, 5.74) is 2.49. The average Bonchev–Trinajstić information content (AvgIpc) is 2.52. The number of hydrogen-bond acceptors (Lipinski definition) is 3. The highest BCUT2D eigenvalue weighted by Gasteiger charge is 2.03. The maximum Gasteiger partial charge on any atom is 0.307 e. The van der Waals surface area contributed by atoms with Crippen molar-refractivity contribution in [3.63, 3.8) is 0 Å². The molecule has 0 saturated carbocycles. The zero-order chi connectivity index (χ0) is 15.4. The fourth-order valence-corrected chi connectivity index (χ4v) is 2.27. The molecule has 0 saturated heterocycles. The Kier molecular flexibility index (Phi) is 4.01. The van der Waals surface area contributed by atoms with Gasteiger partial charge in [0, 0.05) is 5.39 Å². The summed E-state index contributed by atoms with van der Waals surface area (Å²) < 4.78 is 5.71. The van der Waals surface area contributed by atoms with E-state index in [0.717, 1.165) is 22.2 Å². The molecule has 0 radical (unpaired) electrons. The molecule has 3 aromatic rings. The summed E-state index contributed by atoms with van der Waals surface area (Å²) in [6, 6.07) is 19.0. The number of carbonyl (C=O) groups is 1. The van der Waals surface area contributed by atoms with Crippen molar-refractivity contribution in [2.45, 2.75) is 13.0 Å². The first kappa shape index (κ1) is 14.1. The van der Waals surface area contributed by atoms with E-state index in [9.17, 15) is 4.79 Å². The molecule has 0 bridgehead atoms. The molecule has 4 nitrogen and oxygen atoms in total. The third kappa shape index (κ3) is 3.41. The molecule has 2 aromatic carbocycles. The Morgan fingerprint density at radius 2 is 1.91 bits per heavy atom. The molecule has 1 aromatic heterocycles. The molecule has 0 aliphatic heterocycles. The Morgan fingerprint density at radius 1 is 1.05 bits per heavy atom. The van der Waals surface area contributed by atoms with E-state index in [0.29, 0.717) is 12.4 Å². The number of pyridine rings is 1. The monoisotopic (exact) mass is 293 g/mol. The summed E-state index contributed by atoms with van der Waals surface area (Å²) in [6.07, 6.45) is -0.00851. The molecule has 0 aliphatic rings. The van der Waals surface area contributed by atoms with Crippen molar-refractivity contribution in [1.82, 2.24) is 4.98 Å². The minimum atomic E-state index is -0.853. The fraction of sp³-hybridized carbons (Fsp3) is 0.111. The van der Waals surface area contributed by atoms with E-state index in [1.807, 2.05) is 42.5 Å². The number of nitrogens with zero attached hydrogens (tertiary/aromatic N) is 1. The second-order valence-electron chi connectivity index (χ2n) is 5.00. The minimum Gasteiger partial charge on any atom is -0.487 e. The van der Waals surface area contributed by atoms with Crippen LogP contribution in [0, 0.1) is 0 Å². The highest BCUT2D eigenvalue weighted by molar-refractivity contribution is 5.78. The van der Waals surface area contributed by atoms with Crippen molar-refractivity contribution in [3.05, 3.63) is 71.9 Å². The van der Waals surface area contributed by atoms with E-state index >= 15 is 0 Å². The van der Waals surface area contributed by atoms with Crippen molar-refractivity contribution >= 4 is 16.9 Å². The molecule has 0 amide bonds. The van der Waals surface area contributed by atoms with Crippen LogP contribution < -0.4 is 4.74 Å². The van der Waals surface area contributed by atoms with Crippen LogP contribution in [-0.4, -0.2) is 16.1 Å². The Morgan fingerprint density at radius 3 is 2.77 bits per heavy atom. The summed E-state index contributed by atoms with van der Waals surface area (Å²) in [4.78, 5) is 15.3. The summed E-state index contributed by atoms with van der Waals surface area (Å²) in [5.74, 6) is -0.206. The molecule has 0 spiro atoms. The van der Waals surface area contributed by atoms with Gasteiger partial charge in [0.05, 0.1) is 17.6 Å². The SMILES string of the molecule is O=C(O)Cc1cccc(OCc2ccc3ccccc3n2)c1. The highest BCUT2D eigenvalue weighted by Crippen LogP contribution is 2.17. The van der Waals surface area contributed by atoms with Crippen LogP contribution in [0.2, 0.25) is 0 Å². The van der Waals surface area contributed by atoms with Gasteiger partial charge in [-0.2, -0.15) is 0 Å². The van der Waals surface area contributed by atoms with Gasteiger partial charge in [0.15, 0.2) is 0 Å². The molecule has 0 aliphatic carbocycles. The average molecular weight is 293 g/mol. The van der Waals surface area contributed by atoms with Crippen molar-refractivity contribution in [2.24, 2.45) is 0 Å². The topological polar surface area (TPSA) is 59.4 Å². The highest BCUT2D eigenvalue weighted by atomic mass is 16.5. The number of carboxylic acid groups (broad SMARTS) is 1. The zero-order valence-corrected chi connectivity index (χ0v) is 11.9. The molecule has 0 atom stereocenters. The number of carboxylic acids is 1. The Balaban J connectivity index is 1.72. The molecule has 0 fully saturated rings. The van der Waals surface area contributed by atoms with E-state index in [1.54, 1.807) is 18.2 Å². The van der Waals surface area contributed by atoms with Gasteiger partial charge in [0.1, 0.15) is 12.4 Å². The Hall–Kier alpha value is -2.88. The van der Waals surface area contributed by atoms with Gasteiger partial charge in [-0.05, 0) is 29.8 Å². The normalized spacial score (nSPS) is 10.5. The predicted octanol–water partition coefficient (Wildman–Crippen LogP) is 3.44. The molecule has 1 heterocycles. The van der Waals surface area contributed by atoms with Crippen LogP contribution in [0.25, 0.3) is 10.9 Å². The minimum absolute atomic E-state index is 0.00851. The van der Waals surface area contributed by atoms with Crippen LogP contribution in [0.15, 0.2) is 60.7 Å². The Bertz CT molecular complexity index is 814. The van der Waals surface area contributed by atoms with Crippen molar-refractivity contribution < 1.29 is 14.6 Å². The molecule has 22 heavy (non-hydrogen) atoms. The third-order valence-electron chi connectivity index (χ3n) is 3.30. The van der Waals surface area contributed by atoms with Crippen molar-refractivity contribution in [1.29, 1.82) is 0 Å². The lowest BCUT2D eigenvalue weighted by atomic mass is 10.1. The number of para-hydroxylation sites is 1. The fourth-order valence-electron chi connectivity index (χ4n) is 2.27. The summed E-state index contributed by atoms with van der Waals surface area (Å²) in [7, 11) is 0. The van der Waals surface area contributed by atoms with Gasteiger partial charge in [-0.25, -0.2) is 4.98 Å². The van der Waals surface area contributed by atoms with E-state index in [1.165, 1.54) is 0 Å². The molecule has 4 heteroatoms. The summed E-state index contributed by atoms with van der Waals surface area (Å²) in [5, 5.41) is 9.91. The van der Waals surface area contributed by atoms with Gasteiger partial charge >= 0.3 is 5.97 Å². The van der Waals surface area contributed by atoms with E-state index in [-0.39, 0.29) is 6.42 Å². The second kappa shape index (κ2) is 6.26. The largest absolute Gasteiger partial charge is 0.487 e. The van der Waals surface area contributed by atoms with Crippen LogP contribution in [0.1, 0.15) is 11.3 Å². The second-order valence-corrected chi connectivity index (χ2v) is 5.00. The first-order valence-corrected chi connectivity index (χ1v) is 6.99. The van der Waals surface area contributed by atoms with Crippen LogP contribution in [-0.2, 0) is 17.8 Å². The number of fused-ring (bicyclic) bond motifs is 1.